The molecule has 3 aliphatic rings. The van der Waals surface area contributed by atoms with Crippen LogP contribution in [-0.2, 0) is 0 Å². The third kappa shape index (κ3) is 3.23. The Morgan fingerprint density at radius 1 is 1.11 bits per heavy atom. The van der Waals surface area contributed by atoms with Gasteiger partial charge in [0.1, 0.15) is 5.82 Å². The van der Waals surface area contributed by atoms with Crippen LogP contribution in [0.2, 0.25) is 0 Å². The van der Waals surface area contributed by atoms with Crippen LogP contribution in [-0.4, -0.2) is 45.3 Å². The van der Waals surface area contributed by atoms with E-state index in [0.717, 1.165) is 60.7 Å². The van der Waals surface area contributed by atoms with Crippen LogP contribution in [0.3, 0.4) is 0 Å². The molecule has 4 nitrogen and oxygen atoms in total. The highest BCUT2D eigenvalue weighted by molar-refractivity contribution is 5.77. The van der Waals surface area contributed by atoms with Crippen LogP contribution in [0.4, 0.5) is 0 Å². The summed E-state index contributed by atoms with van der Waals surface area (Å²) in [5, 5.41) is 11.0. The third-order valence-corrected chi connectivity index (χ3v) is 7.09. The van der Waals surface area contributed by atoms with Crippen LogP contribution < -0.4 is 0 Å². The van der Waals surface area contributed by atoms with Crippen molar-refractivity contribution >= 4 is 11.0 Å². The van der Waals surface area contributed by atoms with Crippen molar-refractivity contribution in [3.63, 3.8) is 0 Å². The molecule has 1 saturated heterocycles. The second-order valence-corrected chi connectivity index (χ2v) is 9.14. The minimum absolute atomic E-state index is 0.126. The number of β-amino-alcohol motifs (C(OH)–C–C–N with tert-alkyl or cyclic N) is 1. The fourth-order valence-electron chi connectivity index (χ4n) is 5.79. The number of aromatic nitrogens is 2. The van der Waals surface area contributed by atoms with Crippen molar-refractivity contribution in [3.05, 3.63) is 53.9 Å². The Hall–Kier alpha value is -1.91. The fraction of sp³-hybridized carbons (Fsp3) is 0.542. The molecular weight excluding hydrogens is 346 g/mol. The molecule has 0 amide bonds. The maximum absolute atomic E-state index is 11.0. The molecule has 2 aromatic rings. The maximum atomic E-state index is 11.0. The molecule has 148 valence electrons. The van der Waals surface area contributed by atoms with Gasteiger partial charge in [0.05, 0.1) is 23.2 Å². The first-order valence-corrected chi connectivity index (χ1v) is 10.8. The highest BCUT2D eigenvalue weighted by Gasteiger charge is 2.36. The first-order chi connectivity index (χ1) is 13.6. The normalized spacial score (nSPS) is 32.9. The van der Waals surface area contributed by atoms with Gasteiger partial charge in [-0.2, -0.15) is 0 Å². The van der Waals surface area contributed by atoms with Crippen molar-refractivity contribution in [2.75, 3.05) is 19.6 Å². The number of allylic oxidation sites excluding steroid dienone is 4. The monoisotopic (exact) mass is 377 g/mol. The molecule has 4 atom stereocenters. The molecule has 2 heterocycles. The summed E-state index contributed by atoms with van der Waals surface area (Å²) in [6, 6.07) is 6.57. The number of aliphatic hydroxyl groups is 1. The molecule has 2 unspecified atom stereocenters. The fourth-order valence-corrected chi connectivity index (χ4v) is 5.79. The smallest absolute Gasteiger partial charge is 0.107 e. The van der Waals surface area contributed by atoms with Gasteiger partial charge in [0, 0.05) is 19.6 Å². The molecule has 4 heteroatoms. The summed E-state index contributed by atoms with van der Waals surface area (Å²) in [5.74, 6) is 3.24. The molecule has 1 N–H and O–H groups in total. The first kappa shape index (κ1) is 18.1. The average Bonchev–Trinajstić information content (AvgIpc) is 3.21. The number of nitrogens with zero attached hydrogens (tertiary/aromatic N) is 3. The highest BCUT2D eigenvalue weighted by Crippen LogP contribution is 2.40. The summed E-state index contributed by atoms with van der Waals surface area (Å²) in [6.07, 6.45) is 12.4. The SMILES string of the molecule is Cc1ccc2c(c1)nc(C)n2[C@@H]1CCN(CC2CC3C=CC=CC3C2)C[C@H]1O. The highest BCUT2D eigenvalue weighted by atomic mass is 16.3. The van der Waals surface area contributed by atoms with Gasteiger partial charge in [-0.05, 0) is 68.6 Å². The quantitative estimate of drug-likeness (QED) is 0.878. The summed E-state index contributed by atoms with van der Waals surface area (Å²) < 4.78 is 2.27. The van der Waals surface area contributed by atoms with Crippen LogP contribution >= 0.6 is 0 Å². The Labute approximate surface area is 167 Å². The number of likely N-dealkylation sites (tertiary alicyclic amines) is 1. The Bertz CT molecular complexity index is 907. The van der Waals surface area contributed by atoms with E-state index in [1.807, 2.05) is 0 Å². The zero-order valence-corrected chi connectivity index (χ0v) is 17.0. The molecule has 1 aromatic carbocycles. The summed E-state index contributed by atoms with van der Waals surface area (Å²) in [4.78, 5) is 7.25. The van der Waals surface area contributed by atoms with E-state index >= 15 is 0 Å². The lowest BCUT2D eigenvalue weighted by atomic mass is 9.92. The maximum Gasteiger partial charge on any atom is 0.107 e. The van der Waals surface area contributed by atoms with Crippen molar-refractivity contribution < 1.29 is 5.11 Å². The van der Waals surface area contributed by atoms with Gasteiger partial charge in [-0.3, -0.25) is 0 Å². The number of rotatable bonds is 3. The summed E-state index contributed by atoms with van der Waals surface area (Å²) >= 11 is 0. The zero-order valence-electron chi connectivity index (χ0n) is 17.0. The predicted octanol–water partition coefficient (Wildman–Crippen LogP) is 4.03. The Kier molecular flexibility index (Phi) is 4.64. The van der Waals surface area contributed by atoms with E-state index in [0.29, 0.717) is 0 Å². The van der Waals surface area contributed by atoms with Gasteiger partial charge >= 0.3 is 0 Å². The molecule has 2 fully saturated rings. The van der Waals surface area contributed by atoms with Crippen LogP contribution in [0.15, 0.2) is 42.5 Å². The van der Waals surface area contributed by atoms with Gasteiger partial charge in [0.15, 0.2) is 0 Å². The molecule has 1 saturated carbocycles. The van der Waals surface area contributed by atoms with Crippen molar-refractivity contribution in [3.8, 4) is 0 Å². The lowest BCUT2D eigenvalue weighted by Crippen LogP contribution is -2.46. The molecule has 0 radical (unpaired) electrons. The minimum Gasteiger partial charge on any atom is -0.390 e. The molecule has 1 aliphatic heterocycles. The van der Waals surface area contributed by atoms with Gasteiger partial charge in [-0.25, -0.2) is 4.98 Å². The number of piperidine rings is 1. The van der Waals surface area contributed by atoms with Gasteiger partial charge in [-0.15, -0.1) is 0 Å². The number of imidazole rings is 1. The third-order valence-electron chi connectivity index (χ3n) is 7.09. The molecule has 0 bridgehead atoms. The van der Waals surface area contributed by atoms with Crippen LogP contribution in [0, 0.1) is 31.6 Å². The lowest BCUT2D eigenvalue weighted by Gasteiger charge is -2.38. The standard InChI is InChI=1S/C24H31N3O/c1-16-7-8-22-21(11-16)25-17(2)27(22)23-9-10-26(15-24(23)28)14-18-12-19-5-3-4-6-20(19)13-18/h3-8,11,18-20,23-24,28H,9-10,12-15H2,1-2H3/t18?,19?,20?,23-,24-/m1/s1. The number of aryl methyl sites for hydroxylation is 2. The number of hydrogen-bond donors (Lipinski definition) is 1. The minimum atomic E-state index is -0.338. The van der Waals surface area contributed by atoms with Crippen LogP contribution in [0.25, 0.3) is 11.0 Å². The van der Waals surface area contributed by atoms with Gasteiger partial charge in [-0.1, -0.05) is 30.4 Å². The second kappa shape index (κ2) is 7.16. The van der Waals surface area contributed by atoms with E-state index in [2.05, 4.69) is 65.8 Å². The number of benzene rings is 1. The molecule has 28 heavy (non-hydrogen) atoms. The molecule has 5 rings (SSSR count). The van der Waals surface area contributed by atoms with Crippen LogP contribution in [0.1, 0.15) is 36.7 Å². The molecular formula is C24H31N3O. The van der Waals surface area contributed by atoms with Crippen molar-refractivity contribution in [2.24, 2.45) is 17.8 Å². The molecule has 2 aliphatic carbocycles. The lowest BCUT2D eigenvalue weighted by molar-refractivity contribution is 0.0219. The largest absolute Gasteiger partial charge is 0.390 e. The van der Waals surface area contributed by atoms with E-state index in [-0.39, 0.29) is 12.1 Å². The van der Waals surface area contributed by atoms with Gasteiger partial charge in [0.2, 0.25) is 0 Å². The van der Waals surface area contributed by atoms with E-state index in [4.69, 9.17) is 4.98 Å². The number of hydrogen-bond acceptors (Lipinski definition) is 3. The zero-order chi connectivity index (χ0) is 19.3. The second-order valence-electron chi connectivity index (χ2n) is 9.14. The van der Waals surface area contributed by atoms with Crippen molar-refractivity contribution in [1.82, 2.24) is 14.5 Å². The van der Waals surface area contributed by atoms with E-state index in [9.17, 15) is 5.11 Å². The Morgan fingerprint density at radius 2 is 1.86 bits per heavy atom. The summed E-state index contributed by atoms with van der Waals surface area (Å²) in [5.41, 5.74) is 3.43. The molecule has 1 aromatic heterocycles. The van der Waals surface area contributed by atoms with Crippen molar-refractivity contribution in [2.45, 2.75) is 45.3 Å². The van der Waals surface area contributed by atoms with Crippen LogP contribution in [0.5, 0.6) is 0 Å². The van der Waals surface area contributed by atoms with E-state index in [1.54, 1.807) is 0 Å². The summed E-state index contributed by atoms with van der Waals surface area (Å²) in [7, 11) is 0. The molecule has 0 spiro atoms. The van der Waals surface area contributed by atoms with Gasteiger partial charge < -0.3 is 14.6 Å². The van der Waals surface area contributed by atoms with E-state index < -0.39 is 0 Å². The summed E-state index contributed by atoms with van der Waals surface area (Å²) in [6.45, 7) is 7.13. The van der Waals surface area contributed by atoms with Gasteiger partial charge in [0.25, 0.3) is 0 Å². The Morgan fingerprint density at radius 3 is 2.57 bits per heavy atom. The number of aliphatic hydroxyl groups excluding tert-OH is 1. The predicted molar refractivity (Wildman–Crippen MR) is 113 cm³/mol. The first-order valence-electron chi connectivity index (χ1n) is 10.8. The number of fused-ring (bicyclic) bond motifs is 2. The average molecular weight is 378 g/mol. The topological polar surface area (TPSA) is 41.3 Å². The van der Waals surface area contributed by atoms with E-state index in [1.165, 1.54) is 18.4 Å². The van der Waals surface area contributed by atoms with Crippen molar-refractivity contribution in [1.29, 1.82) is 0 Å². The Balaban J connectivity index is 1.27.